The SMILES string of the molecule is CCCCc1ccc(NC(=O)/C(C#N)=C\N2CCCC2)cc1. The number of carbonyl (C=O) groups is 1. The topological polar surface area (TPSA) is 56.1 Å². The number of nitriles is 1. The predicted molar refractivity (Wildman–Crippen MR) is 88.2 cm³/mol. The Morgan fingerprint density at radius 3 is 2.59 bits per heavy atom. The van der Waals surface area contributed by atoms with Crippen molar-refractivity contribution in [3.05, 3.63) is 41.6 Å². The highest BCUT2D eigenvalue weighted by molar-refractivity contribution is 6.06. The van der Waals surface area contributed by atoms with Crippen molar-refractivity contribution in [3.8, 4) is 6.07 Å². The number of nitrogens with one attached hydrogen (secondary N) is 1. The summed E-state index contributed by atoms with van der Waals surface area (Å²) in [6.45, 7) is 4.01. The van der Waals surface area contributed by atoms with E-state index in [1.807, 2.05) is 35.2 Å². The van der Waals surface area contributed by atoms with Gasteiger partial charge < -0.3 is 10.2 Å². The van der Waals surface area contributed by atoms with E-state index in [-0.39, 0.29) is 11.5 Å². The van der Waals surface area contributed by atoms with E-state index >= 15 is 0 Å². The summed E-state index contributed by atoms with van der Waals surface area (Å²) in [5, 5.41) is 12.0. The molecule has 0 atom stereocenters. The third-order valence-corrected chi connectivity index (χ3v) is 3.85. The fourth-order valence-corrected chi connectivity index (χ4v) is 2.53. The summed E-state index contributed by atoms with van der Waals surface area (Å²) >= 11 is 0. The summed E-state index contributed by atoms with van der Waals surface area (Å²) in [5.74, 6) is -0.337. The first kappa shape index (κ1) is 16.1. The lowest BCUT2D eigenvalue weighted by atomic mass is 10.1. The number of amides is 1. The molecule has 0 saturated carbocycles. The van der Waals surface area contributed by atoms with Gasteiger partial charge >= 0.3 is 0 Å². The molecule has 1 N–H and O–H groups in total. The van der Waals surface area contributed by atoms with Crippen molar-refractivity contribution in [3.63, 3.8) is 0 Å². The fourth-order valence-electron chi connectivity index (χ4n) is 2.53. The summed E-state index contributed by atoms with van der Waals surface area (Å²) in [4.78, 5) is 14.2. The molecule has 0 spiro atoms. The van der Waals surface area contributed by atoms with Gasteiger partial charge in [0.05, 0.1) is 0 Å². The zero-order valence-electron chi connectivity index (χ0n) is 13.1. The smallest absolute Gasteiger partial charge is 0.267 e. The molecule has 1 aliphatic rings. The Labute approximate surface area is 132 Å². The number of benzene rings is 1. The molecule has 0 aromatic heterocycles. The molecule has 1 aromatic carbocycles. The number of unbranched alkanes of at least 4 members (excludes halogenated alkanes) is 1. The second-order valence-corrected chi connectivity index (χ2v) is 5.65. The molecule has 0 radical (unpaired) electrons. The molecule has 22 heavy (non-hydrogen) atoms. The van der Waals surface area contributed by atoms with Crippen molar-refractivity contribution in [2.75, 3.05) is 18.4 Å². The van der Waals surface area contributed by atoms with Gasteiger partial charge in [-0.2, -0.15) is 5.26 Å². The van der Waals surface area contributed by atoms with E-state index in [4.69, 9.17) is 0 Å². The normalized spacial score (nSPS) is 14.7. The molecule has 1 fully saturated rings. The third-order valence-electron chi connectivity index (χ3n) is 3.85. The van der Waals surface area contributed by atoms with Crippen molar-refractivity contribution >= 4 is 11.6 Å². The Balaban J connectivity index is 1.96. The van der Waals surface area contributed by atoms with Crippen molar-refractivity contribution in [1.29, 1.82) is 5.26 Å². The first-order valence-corrected chi connectivity index (χ1v) is 7.99. The number of nitrogens with zero attached hydrogens (tertiary/aromatic N) is 2. The molecule has 0 aliphatic carbocycles. The summed E-state index contributed by atoms with van der Waals surface area (Å²) < 4.78 is 0. The molecule has 0 unspecified atom stereocenters. The molecular formula is C18H23N3O. The lowest BCUT2D eigenvalue weighted by molar-refractivity contribution is -0.112. The van der Waals surface area contributed by atoms with Crippen molar-refractivity contribution in [1.82, 2.24) is 4.90 Å². The first-order chi connectivity index (χ1) is 10.7. The summed E-state index contributed by atoms with van der Waals surface area (Å²) in [5.41, 5.74) is 2.16. The zero-order valence-corrected chi connectivity index (χ0v) is 13.1. The van der Waals surface area contributed by atoms with E-state index in [2.05, 4.69) is 12.2 Å². The summed E-state index contributed by atoms with van der Waals surface area (Å²) in [6, 6.07) is 9.85. The van der Waals surface area contributed by atoms with Crippen LogP contribution in [0.2, 0.25) is 0 Å². The standard InChI is InChI=1S/C18H23N3O/c1-2-3-6-15-7-9-17(10-8-15)20-18(22)16(13-19)14-21-11-4-5-12-21/h7-10,14H,2-6,11-12H2,1H3,(H,20,22)/b16-14-. The highest BCUT2D eigenvalue weighted by Crippen LogP contribution is 2.14. The number of carbonyl (C=O) groups excluding carboxylic acids is 1. The van der Waals surface area contributed by atoms with E-state index in [1.165, 1.54) is 18.4 Å². The lowest BCUT2D eigenvalue weighted by Gasteiger charge is -2.12. The molecule has 4 nitrogen and oxygen atoms in total. The second kappa shape index (κ2) is 8.23. The van der Waals surface area contributed by atoms with Gasteiger partial charge in [0.2, 0.25) is 0 Å². The van der Waals surface area contributed by atoms with Crippen LogP contribution >= 0.6 is 0 Å². The molecule has 1 aromatic rings. The van der Waals surface area contributed by atoms with Gasteiger partial charge in [-0.1, -0.05) is 25.5 Å². The molecule has 116 valence electrons. The second-order valence-electron chi connectivity index (χ2n) is 5.65. The maximum Gasteiger partial charge on any atom is 0.267 e. The van der Waals surface area contributed by atoms with Crippen LogP contribution in [0.15, 0.2) is 36.0 Å². The van der Waals surface area contributed by atoms with Crippen molar-refractivity contribution in [2.24, 2.45) is 0 Å². The van der Waals surface area contributed by atoms with Crippen LogP contribution in [-0.2, 0) is 11.2 Å². The zero-order chi connectivity index (χ0) is 15.8. The highest BCUT2D eigenvalue weighted by Gasteiger charge is 2.14. The molecule has 4 heteroatoms. The van der Waals surface area contributed by atoms with Gasteiger partial charge in [0, 0.05) is 25.0 Å². The van der Waals surface area contributed by atoms with Crippen LogP contribution in [0.5, 0.6) is 0 Å². The van der Waals surface area contributed by atoms with E-state index in [0.717, 1.165) is 38.0 Å². The average molecular weight is 297 g/mol. The van der Waals surface area contributed by atoms with Crippen LogP contribution in [0, 0.1) is 11.3 Å². The minimum atomic E-state index is -0.337. The molecule has 1 aliphatic heterocycles. The van der Waals surface area contributed by atoms with Crippen molar-refractivity contribution in [2.45, 2.75) is 39.0 Å². The number of anilines is 1. The van der Waals surface area contributed by atoms with Gasteiger partial charge in [0.25, 0.3) is 5.91 Å². The van der Waals surface area contributed by atoms with Gasteiger partial charge in [-0.25, -0.2) is 0 Å². The van der Waals surface area contributed by atoms with Crippen LogP contribution in [0.1, 0.15) is 38.2 Å². The first-order valence-electron chi connectivity index (χ1n) is 7.99. The van der Waals surface area contributed by atoms with Crippen LogP contribution in [0.3, 0.4) is 0 Å². The van der Waals surface area contributed by atoms with Gasteiger partial charge in [-0.3, -0.25) is 4.79 Å². The van der Waals surface area contributed by atoms with Crippen molar-refractivity contribution < 1.29 is 4.79 Å². The molecule has 2 rings (SSSR count). The molecular weight excluding hydrogens is 274 g/mol. The number of hydrogen-bond donors (Lipinski definition) is 1. The van der Waals surface area contributed by atoms with Crippen LogP contribution in [0.4, 0.5) is 5.69 Å². The minimum absolute atomic E-state index is 0.164. The number of rotatable bonds is 6. The fraction of sp³-hybridized carbons (Fsp3) is 0.444. The Morgan fingerprint density at radius 1 is 1.32 bits per heavy atom. The molecule has 1 saturated heterocycles. The maximum absolute atomic E-state index is 12.2. The monoisotopic (exact) mass is 297 g/mol. The molecule has 1 heterocycles. The summed E-state index contributed by atoms with van der Waals surface area (Å²) in [6.07, 6.45) is 7.32. The largest absolute Gasteiger partial charge is 0.376 e. The van der Waals surface area contributed by atoms with Gasteiger partial charge in [0.15, 0.2) is 0 Å². The van der Waals surface area contributed by atoms with E-state index in [9.17, 15) is 10.1 Å². The van der Waals surface area contributed by atoms with Gasteiger partial charge in [-0.05, 0) is 43.4 Å². The average Bonchev–Trinajstić information content (AvgIpc) is 3.05. The predicted octanol–water partition coefficient (Wildman–Crippen LogP) is 3.47. The van der Waals surface area contributed by atoms with Gasteiger partial charge in [-0.15, -0.1) is 0 Å². The highest BCUT2D eigenvalue weighted by atomic mass is 16.1. The Morgan fingerprint density at radius 2 is 2.00 bits per heavy atom. The van der Waals surface area contributed by atoms with Crippen LogP contribution in [-0.4, -0.2) is 23.9 Å². The molecule has 1 amide bonds. The summed E-state index contributed by atoms with van der Waals surface area (Å²) in [7, 11) is 0. The third kappa shape index (κ3) is 4.63. The number of hydrogen-bond acceptors (Lipinski definition) is 3. The van der Waals surface area contributed by atoms with E-state index in [1.54, 1.807) is 6.20 Å². The Kier molecular flexibility index (Phi) is 6.02. The Hall–Kier alpha value is -2.28. The maximum atomic E-state index is 12.2. The quantitative estimate of drug-likeness (QED) is 0.646. The lowest BCUT2D eigenvalue weighted by Crippen LogP contribution is -2.18. The number of likely N-dealkylation sites (tertiary alicyclic amines) is 1. The van der Waals surface area contributed by atoms with Crippen LogP contribution < -0.4 is 5.32 Å². The minimum Gasteiger partial charge on any atom is -0.376 e. The molecule has 0 bridgehead atoms. The number of aryl methyl sites for hydroxylation is 1. The van der Waals surface area contributed by atoms with E-state index in [0.29, 0.717) is 0 Å². The van der Waals surface area contributed by atoms with Gasteiger partial charge in [0.1, 0.15) is 11.6 Å². The van der Waals surface area contributed by atoms with E-state index < -0.39 is 0 Å². The van der Waals surface area contributed by atoms with Crippen LogP contribution in [0.25, 0.3) is 0 Å². The Bertz CT molecular complexity index is 563.